The van der Waals surface area contributed by atoms with Crippen molar-refractivity contribution in [3.05, 3.63) is 113 Å². The van der Waals surface area contributed by atoms with E-state index in [0.717, 1.165) is 27.6 Å². The quantitative estimate of drug-likeness (QED) is 0.179. The first-order chi connectivity index (χ1) is 26.8. The van der Waals surface area contributed by atoms with Crippen LogP contribution in [0.5, 0.6) is 11.5 Å². The van der Waals surface area contributed by atoms with Crippen LogP contribution in [0.3, 0.4) is 0 Å². The number of anilines is 2. The molecule has 3 amide bonds. The molecule has 294 valence electrons. The second kappa shape index (κ2) is 15.5. The lowest BCUT2D eigenvalue weighted by atomic mass is 9.82. The normalized spacial score (nSPS) is 23.5. The number of nitrogens with zero attached hydrogens (tertiary/aromatic N) is 2. The lowest BCUT2D eigenvalue weighted by Gasteiger charge is -2.39. The predicted molar refractivity (Wildman–Crippen MR) is 217 cm³/mol. The van der Waals surface area contributed by atoms with Crippen LogP contribution in [0.4, 0.5) is 11.4 Å². The minimum Gasteiger partial charge on any atom is -0.497 e. The molecular weight excluding hydrogens is 727 g/mol. The van der Waals surface area contributed by atoms with E-state index in [-0.39, 0.29) is 48.9 Å². The molecule has 7 rings (SSSR count). The smallest absolute Gasteiger partial charge is 0.264 e. The zero-order valence-electron chi connectivity index (χ0n) is 32.8. The van der Waals surface area contributed by atoms with Crippen LogP contribution >= 0.6 is 0 Å². The molecule has 1 fully saturated rings. The summed E-state index contributed by atoms with van der Waals surface area (Å²) in [5.74, 6) is 0.158. The van der Waals surface area contributed by atoms with Gasteiger partial charge in [0.1, 0.15) is 17.6 Å². The number of hydrogen-bond acceptors (Lipinski definition) is 8. The molecule has 0 unspecified atom stereocenters. The first kappa shape index (κ1) is 39.2. The molecular formula is C44H51N3O8Si. The fraction of sp³-hybridized carbons (Fsp3) is 0.386. The molecule has 3 N–H and O–H groups in total. The number of carbonyl (C=O) groups is 3. The van der Waals surface area contributed by atoms with Crippen LogP contribution in [-0.2, 0) is 44.2 Å². The van der Waals surface area contributed by atoms with Crippen LogP contribution in [-0.4, -0.2) is 80.0 Å². The van der Waals surface area contributed by atoms with E-state index < -0.39 is 31.8 Å². The zero-order valence-corrected chi connectivity index (χ0v) is 33.8. The lowest BCUT2D eigenvalue weighted by Crippen LogP contribution is -2.52. The van der Waals surface area contributed by atoms with Gasteiger partial charge in [0.15, 0.2) is 5.60 Å². The fourth-order valence-electron chi connectivity index (χ4n) is 9.23. The predicted octanol–water partition coefficient (Wildman–Crippen LogP) is 5.12. The Kier molecular flexibility index (Phi) is 10.9. The number of methoxy groups -OCH3 is 2. The average Bonchev–Trinajstić information content (AvgIpc) is 3.63. The number of ether oxygens (including phenoxy) is 3. The van der Waals surface area contributed by atoms with Crippen LogP contribution in [0.15, 0.2) is 91.0 Å². The van der Waals surface area contributed by atoms with Gasteiger partial charge in [0.2, 0.25) is 5.91 Å². The summed E-state index contributed by atoms with van der Waals surface area (Å²) in [4.78, 5) is 45.5. The number of aliphatic hydroxyl groups excluding tert-OH is 2. The van der Waals surface area contributed by atoms with Gasteiger partial charge in [-0.1, -0.05) is 73.7 Å². The Morgan fingerprint density at radius 3 is 2.27 bits per heavy atom. The Morgan fingerprint density at radius 2 is 1.62 bits per heavy atom. The van der Waals surface area contributed by atoms with Crippen molar-refractivity contribution < 1.29 is 38.8 Å². The van der Waals surface area contributed by atoms with Crippen LogP contribution in [0.2, 0.25) is 18.6 Å². The van der Waals surface area contributed by atoms with Crippen LogP contribution < -0.4 is 24.9 Å². The van der Waals surface area contributed by atoms with E-state index >= 15 is 4.79 Å². The Balaban J connectivity index is 1.28. The molecule has 3 aliphatic heterocycles. The standard InChI is InChI=1S/C44H51N3O8Si/c1-27-41(56(5,6)36-18-15-34(53-3)16-19-36)39(23-40(50)46-25-31-10-8-7-9-30(31)21-33(46)26-48)55-44(27)37-22-35(54-4)17-20-38(37)47(43(44)52)24-29-11-13-32(14-12-29)45-42(51)28(2)49/h7-20,22,27-28,33,39,41,48-49H,21,23-26H2,1-6H3,(H,45,51)/t27-,28+,33+,39+,41-,44+/m1/s1. The molecule has 4 aromatic rings. The number of hydrogen-bond donors (Lipinski definition) is 3. The van der Waals surface area contributed by atoms with E-state index in [4.69, 9.17) is 14.2 Å². The molecule has 0 saturated carbocycles. The SMILES string of the molecule is COc1ccc([Si](C)(C)[C@H]2[C@H](CC(=O)N3Cc4ccccc4C[C@H]3CO)O[C@@]3(C(=O)N(Cc4ccc(NC(=O)[C@H](C)O)cc4)c4ccc(OC)cc43)[C@@H]2C)cc1. The number of fused-ring (bicyclic) bond motifs is 3. The van der Waals surface area contributed by atoms with Gasteiger partial charge < -0.3 is 39.5 Å². The molecule has 56 heavy (non-hydrogen) atoms. The maximum Gasteiger partial charge on any atom is 0.264 e. The van der Waals surface area contributed by atoms with Crippen molar-refractivity contribution in [2.24, 2.45) is 5.92 Å². The number of benzene rings is 4. The number of nitrogens with one attached hydrogen (secondary N) is 1. The van der Waals surface area contributed by atoms with Gasteiger partial charge in [0.05, 0.1) is 59.7 Å². The van der Waals surface area contributed by atoms with Gasteiger partial charge in [-0.2, -0.15) is 0 Å². The number of carbonyl (C=O) groups excluding carboxylic acids is 3. The highest BCUT2D eigenvalue weighted by molar-refractivity contribution is 6.91. The third kappa shape index (κ3) is 6.89. The highest BCUT2D eigenvalue weighted by atomic mass is 28.3. The summed E-state index contributed by atoms with van der Waals surface area (Å²) in [6.07, 6.45) is -1.15. The highest BCUT2D eigenvalue weighted by Gasteiger charge is 2.66. The molecule has 4 aromatic carbocycles. The Labute approximate surface area is 329 Å². The second-order valence-electron chi connectivity index (χ2n) is 15.8. The summed E-state index contributed by atoms with van der Waals surface area (Å²) in [7, 11) is 0.683. The first-order valence-electron chi connectivity index (χ1n) is 19.2. The maximum absolute atomic E-state index is 15.3. The second-order valence-corrected chi connectivity index (χ2v) is 20.5. The monoisotopic (exact) mass is 777 g/mol. The van der Waals surface area contributed by atoms with E-state index in [1.54, 1.807) is 36.2 Å². The van der Waals surface area contributed by atoms with E-state index in [2.05, 4.69) is 43.5 Å². The molecule has 3 heterocycles. The number of amides is 3. The average molecular weight is 778 g/mol. The van der Waals surface area contributed by atoms with Crippen molar-refractivity contribution in [1.29, 1.82) is 0 Å². The molecule has 1 spiro atoms. The number of aliphatic hydroxyl groups is 2. The van der Waals surface area contributed by atoms with Gasteiger partial charge in [0.25, 0.3) is 11.8 Å². The van der Waals surface area contributed by atoms with Crippen molar-refractivity contribution in [3.63, 3.8) is 0 Å². The molecule has 1 saturated heterocycles. The summed E-state index contributed by atoms with van der Waals surface area (Å²) in [5, 5.41) is 24.0. The topological polar surface area (TPSA) is 138 Å². The molecule has 6 atom stereocenters. The number of rotatable bonds is 11. The summed E-state index contributed by atoms with van der Waals surface area (Å²) >= 11 is 0. The van der Waals surface area contributed by atoms with E-state index in [0.29, 0.717) is 35.7 Å². The third-order valence-electron chi connectivity index (χ3n) is 12.2. The van der Waals surface area contributed by atoms with Crippen LogP contribution in [0.25, 0.3) is 0 Å². The summed E-state index contributed by atoms with van der Waals surface area (Å²) in [5.41, 5.74) is 3.38. The van der Waals surface area contributed by atoms with E-state index in [1.165, 1.54) is 6.92 Å². The Hall–Kier alpha value is -5.01. The van der Waals surface area contributed by atoms with E-state index in [9.17, 15) is 19.8 Å². The minimum absolute atomic E-state index is 0.0498. The van der Waals surface area contributed by atoms with Gasteiger partial charge in [-0.3, -0.25) is 14.4 Å². The van der Waals surface area contributed by atoms with Gasteiger partial charge in [-0.25, -0.2) is 0 Å². The molecule has 0 bridgehead atoms. The van der Waals surface area contributed by atoms with Crippen molar-refractivity contribution in [2.45, 2.75) is 82.3 Å². The molecule has 0 aliphatic carbocycles. The van der Waals surface area contributed by atoms with Crippen molar-refractivity contribution in [3.8, 4) is 11.5 Å². The van der Waals surface area contributed by atoms with Crippen molar-refractivity contribution >= 4 is 42.4 Å². The molecule has 12 heteroatoms. The fourth-order valence-corrected chi connectivity index (χ4v) is 13.2. The van der Waals surface area contributed by atoms with Gasteiger partial charge in [0, 0.05) is 23.7 Å². The zero-order chi connectivity index (χ0) is 39.9. The van der Waals surface area contributed by atoms with Crippen LogP contribution in [0, 0.1) is 5.92 Å². The van der Waals surface area contributed by atoms with Gasteiger partial charge in [-0.05, 0) is 78.0 Å². The van der Waals surface area contributed by atoms with Gasteiger partial charge in [-0.15, -0.1) is 0 Å². The van der Waals surface area contributed by atoms with Gasteiger partial charge >= 0.3 is 0 Å². The molecule has 3 aliphatic rings. The molecule has 0 radical (unpaired) electrons. The first-order valence-corrected chi connectivity index (χ1v) is 22.3. The largest absolute Gasteiger partial charge is 0.497 e. The van der Waals surface area contributed by atoms with Crippen molar-refractivity contribution in [1.82, 2.24) is 4.90 Å². The summed E-state index contributed by atoms with van der Waals surface area (Å²) in [6, 6.07) is 28.6. The van der Waals surface area contributed by atoms with Crippen molar-refractivity contribution in [2.75, 3.05) is 31.0 Å². The molecule has 11 nitrogen and oxygen atoms in total. The Bertz CT molecular complexity index is 2110. The molecule has 0 aromatic heterocycles. The third-order valence-corrected chi connectivity index (χ3v) is 16.6. The lowest BCUT2D eigenvalue weighted by molar-refractivity contribution is -0.151. The Morgan fingerprint density at radius 1 is 0.964 bits per heavy atom. The van der Waals surface area contributed by atoms with E-state index in [1.807, 2.05) is 60.7 Å². The summed E-state index contributed by atoms with van der Waals surface area (Å²) < 4.78 is 18.5. The maximum atomic E-state index is 15.3. The minimum atomic E-state index is -2.55. The van der Waals surface area contributed by atoms with Crippen LogP contribution in [0.1, 0.15) is 42.5 Å². The summed E-state index contributed by atoms with van der Waals surface area (Å²) in [6.45, 7) is 8.53. The highest BCUT2D eigenvalue weighted by Crippen LogP contribution is 2.60.